The predicted octanol–water partition coefficient (Wildman–Crippen LogP) is 4.51. The summed E-state index contributed by atoms with van der Waals surface area (Å²) in [5.74, 6) is 0.769. The van der Waals surface area contributed by atoms with E-state index in [2.05, 4.69) is 58.9 Å². The zero-order valence-corrected chi connectivity index (χ0v) is 17.6. The van der Waals surface area contributed by atoms with Gasteiger partial charge in [0.05, 0.1) is 17.9 Å². The number of benzene rings is 1. The molecule has 148 valence electrons. The quantitative estimate of drug-likeness (QED) is 0.627. The second-order valence-electron chi connectivity index (χ2n) is 9.51. The molecule has 1 aliphatic carbocycles. The summed E-state index contributed by atoms with van der Waals surface area (Å²) in [6, 6.07) is 9.01. The smallest absolute Gasteiger partial charge is 0.242 e. The van der Waals surface area contributed by atoms with Crippen LogP contribution in [0.2, 0.25) is 0 Å². The summed E-state index contributed by atoms with van der Waals surface area (Å²) in [6.07, 6.45) is 5.48. The third kappa shape index (κ3) is 3.90. The Morgan fingerprint density at radius 3 is 2.44 bits per heavy atom. The standard InChI is InChI=1S/C23H35N3O/c1-17(2)26-21(27)15-25(16-22(26,4)5)20(24)14-23(11-6-7-12-23)19-10-8-9-18(3)13-19/h8-10,13,17,24H,6-7,11-12,14-16H2,1-5H3. The highest BCUT2D eigenvalue weighted by atomic mass is 16.2. The Morgan fingerprint density at radius 2 is 1.89 bits per heavy atom. The first-order chi connectivity index (χ1) is 12.6. The van der Waals surface area contributed by atoms with Crippen molar-refractivity contribution in [3.05, 3.63) is 35.4 Å². The lowest BCUT2D eigenvalue weighted by Crippen LogP contribution is -2.65. The maximum Gasteiger partial charge on any atom is 0.242 e. The summed E-state index contributed by atoms with van der Waals surface area (Å²) in [5.41, 5.74) is 2.47. The molecule has 2 aliphatic rings. The number of nitrogens with one attached hydrogen (secondary N) is 1. The van der Waals surface area contributed by atoms with Crippen LogP contribution in [-0.4, -0.2) is 46.2 Å². The Balaban J connectivity index is 1.80. The van der Waals surface area contributed by atoms with Crippen molar-refractivity contribution in [1.82, 2.24) is 9.80 Å². The molecule has 0 unspecified atom stereocenters. The molecule has 0 aromatic heterocycles. The lowest BCUT2D eigenvalue weighted by molar-refractivity contribution is -0.145. The summed E-state index contributed by atoms with van der Waals surface area (Å²) >= 11 is 0. The van der Waals surface area contributed by atoms with Gasteiger partial charge in [0.2, 0.25) is 5.91 Å². The van der Waals surface area contributed by atoms with Gasteiger partial charge in [-0.25, -0.2) is 0 Å². The Morgan fingerprint density at radius 1 is 1.22 bits per heavy atom. The molecule has 0 bridgehead atoms. The maximum atomic E-state index is 12.8. The molecule has 4 heteroatoms. The Labute approximate surface area is 164 Å². The zero-order chi connectivity index (χ0) is 19.8. The first kappa shape index (κ1) is 19.9. The van der Waals surface area contributed by atoms with E-state index < -0.39 is 0 Å². The molecular weight excluding hydrogens is 334 g/mol. The lowest BCUT2D eigenvalue weighted by Gasteiger charge is -2.50. The van der Waals surface area contributed by atoms with E-state index >= 15 is 0 Å². The topological polar surface area (TPSA) is 47.4 Å². The highest BCUT2D eigenvalue weighted by molar-refractivity contribution is 5.88. The molecule has 1 amide bonds. The zero-order valence-electron chi connectivity index (χ0n) is 17.6. The fourth-order valence-electron chi connectivity index (χ4n) is 5.38. The van der Waals surface area contributed by atoms with Gasteiger partial charge in [-0.05, 0) is 53.0 Å². The number of carbonyl (C=O) groups is 1. The number of piperazine rings is 1. The predicted molar refractivity (Wildman–Crippen MR) is 111 cm³/mol. The van der Waals surface area contributed by atoms with Gasteiger partial charge in [-0.15, -0.1) is 0 Å². The molecule has 27 heavy (non-hydrogen) atoms. The van der Waals surface area contributed by atoms with Crippen LogP contribution in [0.4, 0.5) is 0 Å². The van der Waals surface area contributed by atoms with E-state index in [1.807, 2.05) is 9.80 Å². The highest BCUT2D eigenvalue weighted by Gasteiger charge is 2.43. The van der Waals surface area contributed by atoms with Crippen molar-refractivity contribution in [3.8, 4) is 0 Å². The summed E-state index contributed by atoms with van der Waals surface area (Å²) in [7, 11) is 0. The van der Waals surface area contributed by atoms with Crippen LogP contribution in [0.5, 0.6) is 0 Å². The fourth-order valence-corrected chi connectivity index (χ4v) is 5.38. The van der Waals surface area contributed by atoms with Crippen LogP contribution < -0.4 is 0 Å². The van der Waals surface area contributed by atoms with Gasteiger partial charge >= 0.3 is 0 Å². The number of amides is 1. The molecule has 0 spiro atoms. The molecule has 0 atom stereocenters. The second kappa shape index (κ2) is 7.29. The fraction of sp³-hybridized carbons (Fsp3) is 0.652. The SMILES string of the molecule is Cc1cccc(C2(CC(=N)N3CC(=O)N(C(C)C)C(C)(C)C3)CCCC2)c1. The lowest BCUT2D eigenvalue weighted by atomic mass is 9.75. The molecule has 2 fully saturated rings. The minimum atomic E-state index is -0.248. The van der Waals surface area contributed by atoms with Crippen molar-refractivity contribution in [2.24, 2.45) is 0 Å². The van der Waals surface area contributed by atoms with Crippen molar-refractivity contribution < 1.29 is 4.79 Å². The molecule has 1 heterocycles. The van der Waals surface area contributed by atoms with E-state index in [4.69, 9.17) is 5.41 Å². The normalized spacial score (nSPS) is 21.8. The molecule has 0 radical (unpaired) electrons. The van der Waals surface area contributed by atoms with Gasteiger partial charge in [0, 0.05) is 24.4 Å². The minimum absolute atomic E-state index is 0.0610. The molecule has 1 aromatic carbocycles. The third-order valence-electron chi connectivity index (χ3n) is 6.42. The van der Waals surface area contributed by atoms with E-state index in [9.17, 15) is 4.79 Å². The van der Waals surface area contributed by atoms with Gasteiger partial charge in [-0.2, -0.15) is 0 Å². The maximum absolute atomic E-state index is 12.8. The van der Waals surface area contributed by atoms with E-state index in [0.29, 0.717) is 12.4 Å². The Bertz CT molecular complexity index is 716. The number of carbonyl (C=O) groups excluding carboxylic acids is 1. The number of aryl methyl sites for hydroxylation is 1. The average molecular weight is 370 g/mol. The molecule has 1 aromatic rings. The van der Waals surface area contributed by atoms with Gasteiger partial charge < -0.3 is 9.80 Å². The summed E-state index contributed by atoms with van der Waals surface area (Å²) in [6.45, 7) is 11.6. The van der Waals surface area contributed by atoms with E-state index in [0.717, 1.165) is 25.8 Å². The van der Waals surface area contributed by atoms with Gasteiger partial charge in [-0.1, -0.05) is 42.7 Å². The summed E-state index contributed by atoms with van der Waals surface area (Å²) in [5, 5.41) is 8.87. The first-order valence-electron chi connectivity index (χ1n) is 10.4. The van der Waals surface area contributed by atoms with Crippen LogP contribution in [0.15, 0.2) is 24.3 Å². The van der Waals surface area contributed by atoms with Crippen molar-refractivity contribution >= 4 is 11.7 Å². The second-order valence-corrected chi connectivity index (χ2v) is 9.51. The number of hydrogen-bond acceptors (Lipinski definition) is 2. The number of nitrogens with zero attached hydrogens (tertiary/aromatic N) is 2. The van der Waals surface area contributed by atoms with E-state index in [-0.39, 0.29) is 22.9 Å². The average Bonchev–Trinajstić information content (AvgIpc) is 3.02. The number of hydrogen-bond donors (Lipinski definition) is 1. The van der Waals surface area contributed by atoms with Gasteiger partial charge in [-0.3, -0.25) is 10.2 Å². The molecule has 3 rings (SSSR count). The summed E-state index contributed by atoms with van der Waals surface area (Å²) < 4.78 is 0. The van der Waals surface area contributed by atoms with Crippen molar-refractivity contribution in [1.29, 1.82) is 5.41 Å². The van der Waals surface area contributed by atoms with Crippen LogP contribution >= 0.6 is 0 Å². The van der Waals surface area contributed by atoms with E-state index in [1.54, 1.807) is 0 Å². The third-order valence-corrected chi connectivity index (χ3v) is 6.42. The molecule has 1 aliphatic heterocycles. The monoisotopic (exact) mass is 369 g/mol. The van der Waals surface area contributed by atoms with Crippen LogP contribution in [0, 0.1) is 12.3 Å². The van der Waals surface area contributed by atoms with Gasteiger partial charge in [0.25, 0.3) is 0 Å². The Kier molecular flexibility index (Phi) is 5.38. The summed E-state index contributed by atoms with van der Waals surface area (Å²) in [4.78, 5) is 16.8. The van der Waals surface area contributed by atoms with Gasteiger partial charge in [0.1, 0.15) is 0 Å². The van der Waals surface area contributed by atoms with Crippen LogP contribution in [0.3, 0.4) is 0 Å². The highest BCUT2D eigenvalue weighted by Crippen LogP contribution is 2.44. The van der Waals surface area contributed by atoms with Crippen LogP contribution in [0.25, 0.3) is 0 Å². The molecule has 1 saturated carbocycles. The van der Waals surface area contributed by atoms with Crippen LogP contribution in [-0.2, 0) is 10.2 Å². The number of rotatable bonds is 4. The van der Waals surface area contributed by atoms with Gasteiger partial charge in [0.15, 0.2) is 0 Å². The Hall–Kier alpha value is -1.84. The molecule has 4 nitrogen and oxygen atoms in total. The van der Waals surface area contributed by atoms with Crippen molar-refractivity contribution in [2.75, 3.05) is 13.1 Å². The van der Waals surface area contributed by atoms with E-state index in [1.165, 1.54) is 24.0 Å². The number of amidine groups is 1. The molecule has 1 saturated heterocycles. The molecular formula is C23H35N3O. The van der Waals surface area contributed by atoms with Crippen molar-refractivity contribution in [2.45, 2.75) is 83.7 Å². The molecule has 1 N–H and O–H groups in total. The first-order valence-corrected chi connectivity index (χ1v) is 10.4. The van der Waals surface area contributed by atoms with Crippen molar-refractivity contribution in [3.63, 3.8) is 0 Å². The largest absolute Gasteiger partial charge is 0.349 e. The van der Waals surface area contributed by atoms with Crippen LogP contribution in [0.1, 0.15) is 70.9 Å². The minimum Gasteiger partial charge on any atom is -0.349 e.